The van der Waals surface area contributed by atoms with Crippen molar-refractivity contribution in [3.8, 4) is 0 Å². The number of hydrogen-bond acceptors (Lipinski definition) is 5. The first-order valence-corrected chi connectivity index (χ1v) is 8.84. The number of nitrogens with two attached hydrogens (primary N) is 1. The number of rotatable bonds is 4. The molecule has 0 spiro atoms. The maximum atomic E-state index is 12.6. The average Bonchev–Trinajstić information content (AvgIpc) is 2.95. The van der Waals surface area contributed by atoms with Crippen molar-refractivity contribution < 1.29 is 8.42 Å². The highest BCUT2D eigenvalue weighted by Crippen LogP contribution is 2.30. The number of fused-ring (bicyclic) bond motifs is 1. The largest absolute Gasteiger partial charge is 0.329 e. The van der Waals surface area contributed by atoms with Gasteiger partial charge in [0.15, 0.2) is 0 Å². The molecule has 0 saturated heterocycles. The van der Waals surface area contributed by atoms with Gasteiger partial charge < -0.3 is 10.7 Å². The molecule has 1 aromatic heterocycles. The first-order chi connectivity index (χ1) is 10.9. The van der Waals surface area contributed by atoms with Gasteiger partial charge in [0.1, 0.15) is 0 Å². The van der Waals surface area contributed by atoms with Crippen LogP contribution in [0.1, 0.15) is 25.7 Å². The Balaban J connectivity index is 2.05. The van der Waals surface area contributed by atoms with E-state index in [-0.39, 0.29) is 22.3 Å². The second kappa shape index (κ2) is 5.59. The molecule has 8 nitrogen and oxygen atoms in total. The van der Waals surface area contributed by atoms with Crippen molar-refractivity contribution in [3.05, 3.63) is 39.0 Å². The molecule has 3 rings (SSSR count). The van der Waals surface area contributed by atoms with Crippen LogP contribution in [-0.2, 0) is 10.0 Å². The Bertz CT molecular complexity index is 955. The minimum Gasteiger partial charge on any atom is -0.329 e. The summed E-state index contributed by atoms with van der Waals surface area (Å²) in [7, 11) is -3.81. The van der Waals surface area contributed by atoms with Crippen molar-refractivity contribution in [2.45, 2.75) is 36.1 Å². The third-order valence-electron chi connectivity index (χ3n) is 4.32. The number of hydrogen-bond donors (Lipinski definition) is 4. The maximum absolute atomic E-state index is 12.6. The predicted molar refractivity (Wildman–Crippen MR) is 85.8 cm³/mol. The van der Waals surface area contributed by atoms with E-state index in [1.165, 1.54) is 18.2 Å². The molecule has 0 bridgehead atoms. The van der Waals surface area contributed by atoms with Crippen molar-refractivity contribution in [2.24, 2.45) is 5.73 Å². The molecule has 1 aliphatic rings. The van der Waals surface area contributed by atoms with Gasteiger partial charge in [0.2, 0.25) is 10.0 Å². The smallest absolute Gasteiger partial charge is 0.326 e. The van der Waals surface area contributed by atoms with E-state index in [9.17, 15) is 18.0 Å². The van der Waals surface area contributed by atoms with Crippen LogP contribution in [0, 0.1) is 0 Å². The molecule has 0 atom stereocenters. The number of aromatic amines is 2. The maximum Gasteiger partial charge on any atom is 0.326 e. The Morgan fingerprint density at radius 2 is 1.87 bits per heavy atom. The molecule has 1 aliphatic carbocycles. The fourth-order valence-corrected chi connectivity index (χ4v) is 4.55. The normalized spacial score (nSPS) is 17.6. The number of sulfonamides is 1. The van der Waals surface area contributed by atoms with Gasteiger partial charge in [-0.2, -0.15) is 0 Å². The second-order valence-corrected chi connectivity index (χ2v) is 7.60. The minimum absolute atomic E-state index is 0.0257. The molecule has 0 unspecified atom stereocenters. The SMILES string of the molecule is NCC1(NS(=O)(=O)c2ccc3[nH]c(=O)[nH]c(=O)c3c2)CCCC1. The van der Waals surface area contributed by atoms with Gasteiger partial charge in [-0.1, -0.05) is 12.8 Å². The van der Waals surface area contributed by atoms with Gasteiger partial charge in [0, 0.05) is 12.1 Å². The molecular formula is C14H18N4O4S. The lowest BCUT2D eigenvalue weighted by molar-refractivity contribution is 0.399. The molecule has 1 fully saturated rings. The lowest BCUT2D eigenvalue weighted by atomic mass is 10.0. The molecule has 0 aliphatic heterocycles. The van der Waals surface area contributed by atoms with Crippen molar-refractivity contribution in [1.82, 2.24) is 14.7 Å². The van der Waals surface area contributed by atoms with Crippen LogP contribution >= 0.6 is 0 Å². The molecule has 124 valence electrons. The molecule has 1 heterocycles. The average molecular weight is 338 g/mol. The zero-order valence-electron chi connectivity index (χ0n) is 12.4. The number of nitrogens with one attached hydrogen (secondary N) is 3. The van der Waals surface area contributed by atoms with Gasteiger partial charge in [-0.25, -0.2) is 17.9 Å². The van der Waals surface area contributed by atoms with E-state index in [0.29, 0.717) is 12.8 Å². The first-order valence-electron chi connectivity index (χ1n) is 7.36. The third kappa shape index (κ3) is 2.94. The molecule has 9 heteroatoms. The fourth-order valence-electron chi connectivity index (χ4n) is 3.05. The molecule has 2 aromatic rings. The minimum atomic E-state index is -3.81. The highest BCUT2D eigenvalue weighted by Gasteiger charge is 2.36. The van der Waals surface area contributed by atoms with Crippen molar-refractivity contribution >= 4 is 20.9 Å². The summed E-state index contributed by atoms with van der Waals surface area (Å²) in [6.07, 6.45) is 3.26. The summed E-state index contributed by atoms with van der Waals surface area (Å²) in [5.74, 6) is 0. The number of H-pyrrole nitrogens is 2. The lowest BCUT2D eigenvalue weighted by Crippen LogP contribution is -2.51. The predicted octanol–water partition coefficient (Wildman–Crippen LogP) is -0.234. The number of aromatic nitrogens is 2. The van der Waals surface area contributed by atoms with Crippen LogP contribution in [0.2, 0.25) is 0 Å². The Hall–Kier alpha value is -1.97. The molecule has 1 aromatic carbocycles. The van der Waals surface area contributed by atoms with Crippen molar-refractivity contribution in [3.63, 3.8) is 0 Å². The topological polar surface area (TPSA) is 138 Å². The van der Waals surface area contributed by atoms with E-state index in [0.717, 1.165) is 12.8 Å². The van der Waals surface area contributed by atoms with Crippen molar-refractivity contribution in [1.29, 1.82) is 0 Å². The Morgan fingerprint density at radius 3 is 2.52 bits per heavy atom. The Morgan fingerprint density at radius 1 is 1.17 bits per heavy atom. The van der Waals surface area contributed by atoms with E-state index >= 15 is 0 Å². The summed E-state index contributed by atoms with van der Waals surface area (Å²) in [6.45, 7) is 0.230. The van der Waals surface area contributed by atoms with Crippen LogP contribution in [0.5, 0.6) is 0 Å². The van der Waals surface area contributed by atoms with Gasteiger partial charge in [0.25, 0.3) is 5.56 Å². The van der Waals surface area contributed by atoms with Gasteiger partial charge in [-0.3, -0.25) is 9.78 Å². The summed E-state index contributed by atoms with van der Waals surface area (Å²) in [5, 5.41) is 0.112. The summed E-state index contributed by atoms with van der Waals surface area (Å²) in [4.78, 5) is 27.6. The monoisotopic (exact) mass is 338 g/mol. The summed E-state index contributed by atoms with van der Waals surface area (Å²) in [5.41, 5.74) is 4.16. The Labute approximate surface area is 132 Å². The molecule has 5 N–H and O–H groups in total. The van der Waals surface area contributed by atoms with Crippen LogP contribution in [-0.4, -0.2) is 30.5 Å². The molecule has 1 saturated carbocycles. The van der Waals surface area contributed by atoms with Crippen LogP contribution in [0.3, 0.4) is 0 Å². The van der Waals surface area contributed by atoms with Crippen LogP contribution in [0.25, 0.3) is 10.9 Å². The lowest BCUT2D eigenvalue weighted by Gasteiger charge is -2.28. The summed E-state index contributed by atoms with van der Waals surface area (Å²) >= 11 is 0. The van der Waals surface area contributed by atoms with Crippen LogP contribution < -0.4 is 21.7 Å². The standard InChI is InChI=1S/C14H18N4O4S/c15-8-14(5-1-2-6-14)18-23(21,22)9-3-4-11-10(7-9)12(19)17-13(20)16-11/h3-4,7,18H,1-2,5-6,8,15H2,(H2,16,17,19,20). The van der Waals surface area contributed by atoms with E-state index in [1.54, 1.807) is 0 Å². The van der Waals surface area contributed by atoms with E-state index < -0.39 is 26.8 Å². The van der Waals surface area contributed by atoms with Crippen molar-refractivity contribution in [2.75, 3.05) is 6.54 Å². The molecule has 0 radical (unpaired) electrons. The zero-order chi connectivity index (χ0) is 16.7. The van der Waals surface area contributed by atoms with Gasteiger partial charge in [-0.15, -0.1) is 0 Å². The zero-order valence-corrected chi connectivity index (χ0v) is 13.2. The second-order valence-electron chi connectivity index (χ2n) is 5.91. The van der Waals surface area contributed by atoms with E-state index in [2.05, 4.69) is 14.7 Å². The number of benzene rings is 1. The first kappa shape index (κ1) is 15.9. The highest BCUT2D eigenvalue weighted by atomic mass is 32.2. The molecule has 0 amide bonds. The van der Waals surface area contributed by atoms with Crippen LogP contribution in [0.15, 0.2) is 32.7 Å². The molecule has 23 heavy (non-hydrogen) atoms. The van der Waals surface area contributed by atoms with Gasteiger partial charge in [-0.05, 0) is 31.0 Å². The van der Waals surface area contributed by atoms with Gasteiger partial charge >= 0.3 is 5.69 Å². The summed E-state index contributed by atoms with van der Waals surface area (Å²) < 4.78 is 27.9. The highest BCUT2D eigenvalue weighted by molar-refractivity contribution is 7.89. The third-order valence-corrected chi connectivity index (χ3v) is 5.90. The Kier molecular flexibility index (Phi) is 3.86. The fraction of sp³-hybridized carbons (Fsp3) is 0.429. The summed E-state index contributed by atoms with van der Waals surface area (Å²) in [6, 6.07) is 4.02. The van der Waals surface area contributed by atoms with Gasteiger partial charge in [0.05, 0.1) is 15.8 Å². The van der Waals surface area contributed by atoms with Crippen LogP contribution in [0.4, 0.5) is 0 Å². The molecular weight excluding hydrogens is 320 g/mol. The van der Waals surface area contributed by atoms with E-state index in [1.807, 2.05) is 0 Å². The van der Waals surface area contributed by atoms with E-state index in [4.69, 9.17) is 5.73 Å². The quantitative estimate of drug-likeness (QED) is 0.610.